The Kier molecular flexibility index (Phi) is 10.8. The number of esters is 2. The quantitative estimate of drug-likeness (QED) is 0.153. The molecule has 0 bridgehead atoms. The van der Waals surface area contributed by atoms with Crippen LogP contribution in [0.4, 0.5) is 13.2 Å². The molecule has 0 saturated heterocycles. The molecule has 0 radical (unpaired) electrons. The van der Waals surface area contributed by atoms with Crippen LogP contribution in [-0.2, 0) is 23.9 Å². The summed E-state index contributed by atoms with van der Waals surface area (Å²) in [4.78, 5) is 39.9. The average Bonchev–Trinajstić information content (AvgIpc) is 2.78. The maximum Gasteiger partial charge on any atom is 0.430 e. The van der Waals surface area contributed by atoms with Gasteiger partial charge in [0.1, 0.15) is 11.8 Å². The molecule has 5 N–H and O–H groups in total. The van der Waals surface area contributed by atoms with Gasteiger partial charge in [-0.15, -0.1) is 0 Å². The molecule has 204 valence electrons. The first-order chi connectivity index (χ1) is 17.3. The van der Waals surface area contributed by atoms with E-state index in [1.165, 1.54) is 13.0 Å². The molecule has 0 fully saturated rings. The number of nitrogens with one attached hydrogen (secondary N) is 1. The molecule has 1 unspecified atom stereocenters. The van der Waals surface area contributed by atoms with Crippen LogP contribution in [0.5, 0.6) is 5.75 Å². The van der Waals surface area contributed by atoms with Crippen molar-refractivity contribution >= 4 is 45.8 Å². The molecule has 37 heavy (non-hydrogen) atoms. The van der Waals surface area contributed by atoms with Gasteiger partial charge >= 0.3 is 18.1 Å². The summed E-state index contributed by atoms with van der Waals surface area (Å²) in [6.07, 6.45) is -5.61. The minimum atomic E-state index is -4.85. The number of guanidine groups is 1. The Labute approximate surface area is 219 Å². The fourth-order valence-electron chi connectivity index (χ4n) is 3.44. The largest absolute Gasteiger partial charge is 0.475 e. The number of rotatable bonds is 11. The zero-order valence-electron chi connectivity index (χ0n) is 20.2. The molecule has 0 spiro atoms. The molecule has 1 aromatic carbocycles. The van der Waals surface area contributed by atoms with Crippen molar-refractivity contribution in [3.63, 3.8) is 0 Å². The number of ether oxygens (including phenoxy) is 3. The van der Waals surface area contributed by atoms with Crippen molar-refractivity contribution < 1.29 is 41.8 Å². The lowest BCUT2D eigenvalue weighted by Gasteiger charge is -2.29. The van der Waals surface area contributed by atoms with E-state index >= 15 is 0 Å². The smallest absolute Gasteiger partial charge is 0.430 e. The number of alkyl halides is 3. The first-order valence-corrected chi connectivity index (χ1v) is 12.0. The lowest BCUT2D eigenvalue weighted by atomic mass is 9.99. The van der Waals surface area contributed by atoms with Crippen molar-refractivity contribution in [2.45, 2.75) is 51.4 Å². The second-order valence-corrected chi connectivity index (χ2v) is 9.05. The lowest BCUT2D eigenvalue weighted by molar-refractivity contribution is -0.188. The van der Waals surface area contributed by atoms with Crippen LogP contribution in [0.15, 0.2) is 27.2 Å². The van der Waals surface area contributed by atoms with Gasteiger partial charge in [-0.1, -0.05) is 15.9 Å². The van der Waals surface area contributed by atoms with Crippen molar-refractivity contribution in [3.8, 4) is 5.75 Å². The number of carbonyl (C=O) groups is 3. The van der Waals surface area contributed by atoms with E-state index in [0.717, 1.165) is 6.08 Å². The Morgan fingerprint density at radius 2 is 1.86 bits per heavy atom. The number of hydrogen-bond acceptors (Lipinski definition) is 7. The number of aryl methyl sites for hydroxylation is 1. The third-order valence-corrected chi connectivity index (χ3v) is 5.46. The van der Waals surface area contributed by atoms with Gasteiger partial charge in [0, 0.05) is 29.9 Å². The Bertz CT molecular complexity index is 1070. The summed E-state index contributed by atoms with van der Waals surface area (Å²) in [5.74, 6) is -2.43. The van der Waals surface area contributed by atoms with Gasteiger partial charge < -0.3 is 31.0 Å². The summed E-state index contributed by atoms with van der Waals surface area (Å²) in [6.45, 7) is 2.58. The van der Waals surface area contributed by atoms with Crippen LogP contribution in [0.25, 0.3) is 6.08 Å². The number of hydrogen-bond donors (Lipinski definition) is 3. The molecule has 2 atom stereocenters. The van der Waals surface area contributed by atoms with Crippen molar-refractivity contribution in [2.24, 2.45) is 16.5 Å². The topological polar surface area (TPSA) is 155 Å². The number of carbonyl (C=O) groups excluding carboxylic acids is 3. The van der Waals surface area contributed by atoms with E-state index in [2.05, 4.69) is 26.2 Å². The molecule has 0 aliphatic carbocycles. The number of nitrogens with two attached hydrogens (primary N) is 2. The summed E-state index contributed by atoms with van der Waals surface area (Å²) in [5.41, 5.74) is 10.6. The van der Waals surface area contributed by atoms with E-state index in [-0.39, 0.29) is 44.3 Å². The van der Waals surface area contributed by atoms with Crippen LogP contribution in [-0.4, -0.2) is 61.9 Å². The van der Waals surface area contributed by atoms with Gasteiger partial charge in [-0.3, -0.25) is 9.79 Å². The van der Waals surface area contributed by atoms with Crippen molar-refractivity contribution in [1.82, 2.24) is 5.32 Å². The van der Waals surface area contributed by atoms with Gasteiger partial charge in [-0.2, -0.15) is 13.2 Å². The standard InChI is InChI=1S/C23H28BrF3N4O6/c1-12-9-15(24)10-14-11-16(19(23(25,26)27)37-18(12)14)20(33)35-7-4-8-36-21(34)17(31-13(2)32)5-3-6-30-22(28)29/h9-11,17,19H,3-8H2,1-2H3,(H,31,32)(H4,28,29,30)/t17-,19?/m0/s1. The Hall–Kier alpha value is -3.29. The Morgan fingerprint density at radius 3 is 2.49 bits per heavy atom. The van der Waals surface area contributed by atoms with Crippen LogP contribution in [0.1, 0.15) is 37.3 Å². The fourth-order valence-corrected chi connectivity index (χ4v) is 4.03. The number of amides is 1. The van der Waals surface area contributed by atoms with Crippen molar-refractivity contribution in [1.29, 1.82) is 0 Å². The zero-order chi connectivity index (χ0) is 27.8. The van der Waals surface area contributed by atoms with Crippen LogP contribution >= 0.6 is 15.9 Å². The van der Waals surface area contributed by atoms with Gasteiger partial charge in [-0.05, 0) is 43.5 Å². The molecular formula is C23H28BrF3N4O6. The summed E-state index contributed by atoms with van der Waals surface area (Å²) >= 11 is 3.27. The maximum atomic E-state index is 13.6. The van der Waals surface area contributed by atoms with E-state index in [1.54, 1.807) is 13.0 Å². The van der Waals surface area contributed by atoms with E-state index in [4.69, 9.17) is 25.7 Å². The summed E-state index contributed by atoms with van der Waals surface area (Å²) in [6, 6.07) is 2.20. The predicted octanol–water partition coefficient (Wildman–Crippen LogP) is 2.50. The molecule has 14 heteroatoms. The van der Waals surface area contributed by atoms with Crippen LogP contribution in [0.3, 0.4) is 0 Å². The highest BCUT2D eigenvalue weighted by atomic mass is 79.9. The van der Waals surface area contributed by atoms with E-state index in [1.807, 2.05) is 0 Å². The predicted molar refractivity (Wildman–Crippen MR) is 131 cm³/mol. The third kappa shape index (κ3) is 9.26. The molecule has 0 saturated carbocycles. The fraction of sp³-hybridized carbons (Fsp3) is 0.478. The SMILES string of the molecule is CC(=O)N[C@@H](CCCN=C(N)N)C(=O)OCCCOC(=O)C1=Cc2cc(Br)cc(C)c2OC1C(F)(F)F. The normalized spacial score (nSPS) is 15.4. The van der Waals surface area contributed by atoms with Gasteiger partial charge in [-0.25, -0.2) is 9.59 Å². The van der Waals surface area contributed by atoms with Crippen LogP contribution in [0.2, 0.25) is 0 Å². The molecule has 1 heterocycles. The van der Waals surface area contributed by atoms with Crippen molar-refractivity contribution in [2.75, 3.05) is 19.8 Å². The van der Waals surface area contributed by atoms with Gasteiger partial charge in [0.2, 0.25) is 12.0 Å². The maximum absolute atomic E-state index is 13.6. The zero-order valence-corrected chi connectivity index (χ0v) is 21.8. The Balaban J connectivity index is 1.93. The number of nitrogens with zero attached hydrogens (tertiary/aromatic N) is 1. The second kappa shape index (κ2) is 13.3. The van der Waals surface area contributed by atoms with E-state index in [9.17, 15) is 27.6 Å². The minimum absolute atomic E-state index is 0.0182. The molecular weight excluding hydrogens is 565 g/mol. The first kappa shape index (κ1) is 29.9. The lowest BCUT2D eigenvalue weighted by Crippen LogP contribution is -2.41. The minimum Gasteiger partial charge on any atom is -0.475 e. The van der Waals surface area contributed by atoms with E-state index in [0.29, 0.717) is 22.0 Å². The first-order valence-electron chi connectivity index (χ1n) is 11.2. The van der Waals surface area contributed by atoms with Crippen LogP contribution < -0.4 is 21.5 Å². The Morgan fingerprint density at radius 1 is 1.19 bits per heavy atom. The molecule has 0 aromatic heterocycles. The molecule has 1 aliphatic heterocycles. The summed E-state index contributed by atoms with van der Waals surface area (Å²) in [7, 11) is 0. The average molecular weight is 593 g/mol. The summed E-state index contributed by atoms with van der Waals surface area (Å²) in [5, 5.41) is 2.46. The molecule has 1 aliphatic rings. The van der Waals surface area contributed by atoms with Gasteiger partial charge in [0.05, 0.1) is 18.8 Å². The van der Waals surface area contributed by atoms with Gasteiger partial charge in [0.15, 0.2) is 5.96 Å². The highest BCUT2D eigenvalue weighted by molar-refractivity contribution is 9.10. The highest BCUT2D eigenvalue weighted by Gasteiger charge is 2.49. The molecule has 10 nitrogen and oxygen atoms in total. The number of aliphatic imine (C=N–C) groups is 1. The second-order valence-electron chi connectivity index (χ2n) is 8.14. The number of halogens is 4. The van der Waals surface area contributed by atoms with Crippen LogP contribution in [0, 0.1) is 6.92 Å². The number of fused-ring (bicyclic) bond motifs is 1. The van der Waals surface area contributed by atoms with Gasteiger partial charge in [0.25, 0.3) is 0 Å². The van der Waals surface area contributed by atoms with Crippen molar-refractivity contribution in [3.05, 3.63) is 33.3 Å². The third-order valence-electron chi connectivity index (χ3n) is 5.00. The highest BCUT2D eigenvalue weighted by Crippen LogP contribution is 2.40. The molecule has 1 amide bonds. The number of benzene rings is 1. The summed E-state index contributed by atoms with van der Waals surface area (Å²) < 4.78 is 56.7. The monoisotopic (exact) mass is 592 g/mol. The molecule has 2 rings (SSSR count). The molecule has 1 aromatic rings. The van der Waals surface area contributed by atoms with E-state index < -0.39 is 41.7 Å².